The molecule has 1 aromatic rings. The lowest BCUT2D eigenvalue weighted by Crippen LogP contribution is -2.16. The molecule has 0 saturated heterocycles. The fourth-order valence-electron chi connectivity index (χ4n) is 2.14. The van der Waals surface area contributed by atoms with Crippen LogP contribution in [0.3, 0.4) is 0 Å². The summed E-state index contributed by atoms with van der Waals surface area (Å²) in [6, 6.07) is 7.20. The molecular formula is C15H21NO3. The molecule has 2 rings (SSSR count). The third kappa shape index (κ3) is 4.56. The fraction of sp³-hybridized carbons (Fsp3) is 0.533. The Morgan fingerprint density at radius 3 is 2.63 bits per heavy atom. The van der Waals surface area contributed by atoms with Crippen LogP contribution in [0.2, 0.25) is 0 Å². The van der Waals surface area contributed by atoms with E-state index in [0.717, 1.165) is 18.0 Å². The lowest BCUT2D eigenvalue weighted by Gasteiger charge is -2.24. The average molecular weight is 263 g/mol. The first-order valence-electron chi connectivity index (χ1n) is 6.91. The summed E-state index contributed by atoms with van der Waals surface area (Å²) in [6.45, 7) is 0.284. The van der Waals surface area contributed by atoms with Gasteiger partial charge in [-0.15, -0.1) is 0 Å². The summed E-state index contributed by atoms with van der Waals surface area (Å²) in [6.07, 6.45) is 5.49. The summed E-state index contributed by atoms with van der Waals surface area (Å²) in [5.41, 5.74) is 0.787. The number of amides is 1. The van der Waals surface area contributed by atoms with Crippen molar-refractivity contribution in [2.24, 2.45) is 5.92 Å². The minimum atomic E-state index is -0.000343. The summed E-state index contributed by atoms with van der Waals surface area (Å²) in [5, 5.41) is 11.5. The van der Waals surface area contributed by atoms with Crippen LogP contribution < -0.4 is 10.1 Å². The molecule has 4 nitrogen and oxygen atoms in total. The zero-order valence-corrected chi connectivity index (χ0v) is 11.1. The smallest absolute Gasteiger partial charge is 0.224 e. The second-order valence-electron chi connectivity index (χ2n) is 4.98. The standard InChI is InChI=1S/C15H21NO3/c17-10-11-19-14-7-5-13(6-8-14)16-15(18)9-4-12-2-1-3-12/h5-8,12,17H,1-4,9-11H2,(H,16,18). The van der Waals surface area contributed by atoms with Crippen molar-refractivity contribution in [2.75, 3.05) is 18.5 Å². The zero-order chi connectivity index (χ0) is 13.5. The van der Waals surface area contributed by atoms with Gasteiger partial charge in [-0.3, -0.25) is 4.79 Å². The van der Waals surface area contributed by atoms with Gasteiger partial charge in [0.25, 0.3) is 0 Å². The molecule has 2 N–H and O–H groups in total. The molecular weight excluding hydrogens is 242 g/mol. The topological polar surface area (TPSA) is 58.6 Å². The van der Waals surface area contributed by atoms with E-state index in [2.05, 4.69) is 5.32 Å². The fourth-order valence-corrected chi connectivity index (χ4v) is 2.14. The number of ether oxygens (including phenoxy) is 1. The average Bonchev–Trinajstić information content (AvgIpc) is 2.36. The highest BCUT2D eigenvalue weighted by Gasteiger charge is 2.18. The maximum absolute atomic E-state index is 11.7. The lowest BCUT2D eigenvalue weighted by molar-refractivity contribution is -0.116. The number of aliphatic hydroxyl groups excluding tert-OH is 1. The minimum Gasteiger partial charge on any atom is -0.491 e. The maximum atomic E-state index is 11.7. The highest BCUT2D eigenvalue weighted by atomic mass is 16.5. The van der Waals surface area contributed by atoms with Gasteiger partial charge in [0.05, 0.1) is 6.61 Å². The van der Waals surface area contributed by atoms with E-state index in [1.807, 2.05) is 12.1 Å². The highest BCUT2D eigenvalue weighted by Crippen LogP contribution is 2.30. The second kappa shape index (κ2) is 7.14. The number of anilines is 1. The summed E-state index contributed by atoms with van der Waals surface area (Å²) in [4.78, 5) is 11.7. The Balaban J connectivity index is 1.73. The largest absolute Gasteiger partial charge is 0.491 e. The van der Waals surface area contributed by atoms with Crippen molar-refractivity contribution in [1.29, 1.82) is 0 Å². The Hall–Kier alpha value is -1.55. The van der Waals surface area contributed by atoms with E-state index in [1.54, 1.807) is 12.1 Å². The molecule has 1 aliphatic carbocycles. The van der Waals surface area contributed by atoms with Crippen LogP contribution in [-0.4, -0.2) is 24.2 Å². The summed E-state index contributed by atoms with van der Waals surface area (Å²) in [5.74, 6) is 1.54. The second-order valence-corrected chi connectivity index (χ2v) is 4.98. The van der Waals surface area contributed by atoms with Crippen molar-refractivity contribution in [1.82, 2.24) is 0 Å². The molecule has 19 heavy (non-hydrogen) atoms. The molecule has 0 heterocycles. The predicted molar refractivity (Wildman–Crippen MR) is 74.2 cm³/mol. The SMILES string of the molecule is O=C(CCC1CCC1)Nc1ccc(OCCO)cc1. The monoisotopic (exact) mass is 263 g/mol. The van der Waals surface area contributed by atoms with Crippen molar-refractivity contribution in [2.45, 2.75) is 32.1 Å². The quantitative estimate of drug-likeness (QED) is 0.795. The van der Waals surface area contributed by atoms with Crippen LogP contribution in [0.4, 0.5) is 5.69 Å². The Morgan fingerprint density at radius 1 is 1.32 bits per heavy atom. The predicted octanol–water partition coefficient (Wildman–Crippen LogP) is 2.58. The molecule has 4 heteroatoms. The van der Waals surface area contributed by atoms with E-state index >= 15 is 0 Å². The molecule has 1 fully saturated rings. The highest BCUT2D eigenvalue weighted by molar-refractivity contribution is 5.90. The van der Waals surface area contributed by atoms with Gasteiger partial charge in [-0.2, -0.15) is 0 Å². The van der Waals surface area contributed by atoms with Crippen LogP contribution in [-0.2, 0) is 4.79 Å². The van der Waals surface area contributed by atoms with Crippen molar-refractivity contribution in [3.63, 3.8) is 0 Å². The third-order valence-electron chi connectivity index (χ3n) is 3.50. The van der Waals surface area contributed by atoms with E-state index < -0.39 is 0 Å². The van der Waals surface area contributed by atoms with Gasteiger partial charge in [0.2, 0.25) is 5.91 Å². The molecule has 1 amide bonds. The molecule has 1 aromatic carbocycles. The lowest BCUT2D eigenvalue weighted by atomic mass is 9.82. The first-order chi connectivity index (χ1) is 9.28. The molecule has 0 atom stereocenters. The van der Waals surface area contributed by atoms with Crippen LogP contribution in [0.1, 0.15) is 32.1 Å². The van der Waals surface area contributed by atoms with E-state index in [-0.39, 0.29) is 19.1 Å². The van der Waals surface area contributed by atoms with Gasteiger partial charge in [-0.25, -0.2) is 0 Å². The molecule has 0 aliphatic heterocycles. The normalized spacial score (nSPS) is 14.8. The van der Waals surface area contributed by atoms with E-state index in [9.17, 15) is 4.79 Å². The van der Waals surface area contributed by atoms with Gasteiger partial charge >= 0.3 is 0 Å². The van der Waals surface area contributed by atoms with Gasteiger partial charge in [-0.05, 0) is 36.6 Å². The molecule has 0 unspecified atom stereocenters. The first kappa shape index (κ1) is 13.9. The number of carbonyl (C=O) groups excluding carboxylic acids is 1. The Bertz CT molecular complexity index is 398. The van der Waals surface area contributed by atoms with Gasteiger partial charge in [0.15, 0.2) is 0 Å². The van der Waals surface area contributed by atoms with Gasteiger partial charge < -0.3 is 15.2 Å². The molecule has 0 radical (unpaired) electrons. The minimum absolute atomic E-state index is 0.000343. The third-order valence-corrected chi connectivity index (χ3v) is 3.50. The van der Waals surface area contributed by atoms with Crippen LogP contribution in [0.25, 0.3) is 0 Å². The number of hydrogen-bond acceptors (Lipinski definition) is 3. The summed E-state index contributed by atoms with van der Waals surface area (Å²) in [7, 11) is 0. The Morgan fingerprint density at radius 2 is 2.05 bits per heavy atom. The molecule has 1 saturated carbocycles. The summed E-state index contributed by atoms with van der Waals surface area (Å²) >= 11 is 0. The number of benzene rings is 1. The number of nitrogens with one attached hydrogen (secondary N) is 1. The Kier molecular flexibility index (Phi) is 5.21. The van der Waals surface area contributed by atoms with Crippen molar-refractivity contribution in [3.8, 4) is 5.75 Å². The van der Waals surface area contributed by atoms with Gasteiger partial charge in [0.1, 0.15) is 12.4 Å². The van der Waals surface area contributed by atoms with E-state index in [1.165, 1.54) is 19.3 Å². The summed E-state index contributed by atoms with van der Waals surface area (Å²) < 4.78 is 5.25. The van der Waals surface area contributed by atoms with Crippen LogP contribution in [0, 0.1) is 5.92 Å². The molecule has 0 spiro atoms. The molecule has 0 bridgehead atoms. The van der Waals surface area contributed by atoms with Gasteiger partial charge in [0, 0.05) is 12.1 Å². The Labute approximate surface area is 113 Å². The molecule has 0 aromatic heterocycles. The number of hydrogen-bond donors (Lipinski definition) is 2. The number of carbonyl (C=O) groups is 1. The van der Waals surface area contributed by atoms with Crippen molar-refractivity contribution < 1.29 is 14.6 Å². The van der Waals surface area contributed by atoms with Crippen LogP contribution in [0.5, 0.6) is 5.75 Å². The van der Waals surface area contributed by atoms with Crippen molar-refractivity contribution in [3.05, 3.63) is 24.3 Å². The van der Waals surface area contributed by atoms with E-state index in [0.29, 0.717) is 12.2 Å². The van der Waals surface area contributed by atoms with Crippen molar-refractivity contribution >= 4 is 11.6 Å². The van der Waals surface area contributed by atoms with E-state index in [4.69, 9.17) is 9.84 Å². The molecule has 104 valence electrons. The molecule has 1 aliphatic rings. The van der Waals surface area contributed by atoms with Gasteiger partial charge in [-0.1, -0.05) is 19.3 Å². The zero-order valence-electron chi connectivity index (χ0n) is 11.1. The maximum Gasteiger partial charge on any atom is 0.224 e. The van der Waals surface area contributed by atoms with Crippen LogP contribution in [0.15, 0.2) is 24.3 Å². The number of aliphatic hydroxyl groups is 1. The number of rotatable bonds is 7. The van der Waals surface area contributed by atoms with Crippen LogP contribution >= 0.6 is 0 Å². The first-order valence-corrected chi connectivity index (χ1v) is 6.91.